The van der Waals surface area contributed by atoms with Gasteiger partial charge in [-0.1, -0.05) is 88.3 Å². The van der Waals surface area contributed by atoms with Gasteiger partial charge in [-0.25, -0.2) is 0 Å². The van der Waals surface area contributed by atoms with Gasteiger partial charge in [0, 0.05) is 18.8 Å². The highest BCUT2D eigenvalue weighted by Crippen LogP contribution is 2.55. The summed E-state index contributed by atoms with van der Waals surface area (Å²) in [6.07, 6.45) is 12.2. The van der Waals surface area contributed by atoms with Crippen molar-refractivity contribution in [1.82, 2.24) is 0 Å². The molecule has 2 spiro atoms. The van der Waals surface area contributed by atoms with Crippen LogP contribution in [0.3, 0.4) is 0 Å². The number of carbonyl (C=O) groups is 2. The van der Waals surface area contributed by atoms with Crippen LogP contribution in [0.25, 0.3) is 0 Å². The average molecular weight is 747 g/mol. The molecule has 5 rings (SSSR count). The molecule has 4 heterocycles. The van der Waals surface area contributed by atoms with E-state index in [0.717, 1.165) is 51.4 Å². The van der Waals surface area contributed by atoms with Crippen molar-refractivity contribution < 1.29 is 38.7 Å². The summed E-state index contributed by atoms with van der Waals surface area (Å²) in [6.45, 7) is 27.4. The van der Waals surface area contributed by atoms with Crippen molar-refractivity contribution in [2.24, 2.45) is 47.3 Å². The first-order chi connectivity index (χ1) is 24.8. The number of Topliss-reactive ketones (excluding diaryl/α,β-unsaturated/α-hetero) is 1. The average Bonchev–Trinajstić information content (AvgIpc) is 3.44. The fraction of sp³-hybridized carbons (Fsp3) is 0.911. The molecule has 17 atom stereocenters. The summed E-state index contributed by atoms with van der Waals surface area (Å²) >= 11 is 0. The third kappa shape index (κ3) is 8.97. The second kappa shape index (κ2) is 17.4. The van der Waals surface area contributed by atoms with Crippen molar-refractivity contribution >= 4 is 11.8 Å². The van der Waals surface area contributed by atoms with Gasteiger partial charge >= 0.3 is 5.97 Å². The first kappa shape index (κ1) is 44.4. The predicted octanol–water partition coefficient (Wildman–Crippen LogP) is 9.59. The van der Waals surface area contributed by atoms with Crippen LogP contribution in [0.2, 0.25) is 0 Å². The topological polar surface area (TPSA) is 112 Å². The van der Waals surface area contributed by atoms with Gasteiger partial charge in [0.15, 0.2) is 0 Å². The van der Waals surface area contributed by atoms with E-state index in [9.17, 15) is 19.8 Å². The number of hydrogen-bond donors (Lipinski definition) is 2. The molecule has 0 radical (unpaired) electrons. The Labute approximate surface area is 322 Å². The van der Waals surface area contributed by atoms with Gasteiger partial charge in [-0.3, -0.25) is 9.59 Å². The Kier molecular flexibility index (Phi) is 14.6. The first-order valence-corrected chi connectivity index (χ1v) is 21.7. The summed E-state index contributed by atoms with van der Waals surface area (Å²) in [5, 5.41) is 20.9. The van der Waals surface area contributed by atoms with Crippen LogP contribution in [0.15, 0.2) is 12.2 Å². The molecule has 1 aliphatic carbocycles. The van der Waals surface area contributed by atoms with Gasteiger partial charge in [0.1, 0.15) is 5.78 Å². The van der Waals surface area contributed by atoms with Crippen LogP contribution in [0, 0.1) is 47.3 Å². The summed E-state index contributed by atoms with van der Waals surface area (Å²) in [7, 11) is 0. The smallest absolute Gasteiger partial charge is 0.309 e. The molecule has 53 heavy (non-hydrogen) atoms. The summed E-state index contributed by atoms with van der Waals surface area (Å²) in [4.78, 5) is 26.2. The lowest BCUT2D eigenvalue weighted by Crippen LogP contribution is -2.57. The van der Waals surface area contributed by atoms with Crippen molar-refractivity contribution in [2.75, 3.05) is 0 Å². The maximum atomic E-state index is 14.1. The first-order valence-electron chi connectivity index (χ1n) is 21.7. The number of carboxylic acid groups (broad SMARTS) is 1. The summed E-state index contributed by atoms with van der Waals surface area (Å²) in [5.74, 6) is -0.0180. The van der Waals surface area contributed by atoms with Crippen LogP contribution < -0.4 is 0 Å². The molecule has 306 valence electrons. The largest absolute Gasteiger partial charge is 0.481 e. The fourth-order valence-electron chi connectivity index (χ4n) is 11.1. The number of aliphatic hydroxyl groups is 1. The zero-order valence-electron chi connectivity index (χ0n) is 35.8. The molecule has 0 bridgehead atoms. The van der Waals surface area contributed by atoms with Crippen molar-refractivity contribution in [1.29, 1.82) is 0 Å². The van der Waals surface area contributed by atoms with E-state index in [0.29, 0.717) is 31.1 Å². The van der Waals surface area contributed by atoms with Gasteiger partial charge in [-0.2, -0.15) is 0 Å². The number of ketones is 1. The van der Waals surface area contributed by atoms with E-state index in [-0.39, 0.29) is 71.5 Å². The standard InChI is InChI=1S/C43H72O8.C2H6/c1-12-33(39(45)46)38-27(5)21-26(4)37(49-38)31(9)29(7)30(8)34(44)23-35-25(3)22-28(6)43(50-35)17-14-16-41(24-43)20-19-40(11,51-41)36-15-18-42(47,13-2)32(10)48-36;1-2/h14,17,25-33,35-38,47H,12-13,15-16,18-24H2,1-11H3,(H,45,46);1-2H3/t25?,26-,27?,28?,29+,30?,31-,32-,33+,35?,36?,37?,38?,40-,41?,42+,43?;/m0./s1. The summed E-state index contributed by atoms with van der Waals surface area (Å²) in [5.41, 5.74) is -2.00. The number of carboxylic acids is 1. The maximum Gasteiger partial charge on any atom is 0.309 e. The minimum absolute atomic E-state index is 0.0527. The van der Waals surface area contributed by atoms with Crippen LogP contribution in [-0.4, -0.2) is 74.9 Å². The molecule has 0 saturated carbocycles. The lowest BCUT2D eigenvalue weighted by molar-refractivity contribution is -0.245. The van der Waals surface area contributed by atoms with Gasteiger partial charge in [0.25, 0.3) is 0 Å². The molecule has 0 amide bonds. The molecule has 0 aromatic carbocycles. The molecule has 2 N–H and O–H groups in total. The van der Waals surface area contributed by atoms with E-state index < -0.39 is 28.7 Å². The lowest BCUT2D eigenvalue weighted by Gasteiger charge is -2.53. The van der Waals surface area contributed by atoms with Crippen LogP contribution in [-0.2, 0) is 28.5 Å². The van der Waals surface area contributed by atoms with E-state index in [1.807, 2.05) is 34.6 Å². The van der Waals surface area contributed by atoms with E-state index in [4.69, 9.17) is 18.9 Å². The fourth-order valence-corrected chi connectivity index (χ4v) is 11.1. The highest BCUT2D eigenvalue weighted by atomic mass is 16.6. The molecule has 5 aliphatic rings. The van der Waals surface area contributed by atoms with Gasteiger partial charge in [-0.15, -0.1) is 0 Å². The number of hydrogen-bond acceptors (Lipinski definition) is 7. The van der Waals surface area contributed by atoms with E-state index >= 15 is 0 Å². The zero-order valence-corrected chi connectivity index (χ0v) is 35.8. The molecule has 0 aromatic heterocycles. The van der Waals surface area contributed by atoms with Crippen molar-refractivity contribution in [2.45, 2.75) is 214 Å². The van der Waals surface area contributed by atoms with Crippen molar-refractivity contribution in [3.8, 4) is 0 Å². The highest BCUT2D eigenvalue weighted by molar-refractivity contribution is 5.81. The van der Waals surface area contributed by atoms with E-state index in [1.165, 1.54) is 0 Å². The second-order valence-electron chi connectivity index (χ2n) is 18.7. The number of aliphatic carboxylic acids is 1. The van der Waals surface area contributed by atoms with Gasteiger partial charge < -0.3 is 29.2 Å². The lowest BCUT2D eigenvalue weighted by atomic mass is 9.67. The Morgan fingerprint density at radius 3 is 2.17 bits per heavy atom. The van der Waals surface area contributed by atoms with Gasteiger partial charge in [0.05, 0.1) is 58.8 Å². The van der Waals surface area contributed by atoms with Crippen molar-refractivity contribution in [3.63, 3.8) is 0 Å². The molecule has 8 heteroatoms. The minimum Gasteiger partial charge on any atom is -0.481 e. The molecule has 4 aliphatic heterocycles. The number of ether oxygens (including phenoxy) is 4. The van der Waals surface area contributed by atoms with Crippen LogP contribution in [0.5, 0.6) is 0 Å². The third-order valence-corrected chi connectivity index (χ3v) is 15.2. The molecule has 8 nitrogen and oxygen atoms in total. The SMILES string of the molecule is CC.CC[C@@H](C(=O)O)C1OC([C@@H](C)[C@H](C)C(C)C(=O)CC2OC3(C=CCC4(CC[C@@](C)(C5CC[C@](O)(CC)[C@H](C)O5)O4)C3)C(C)CC2C)[C@@H](C)CC1C. The Hall–Kier alpha value is -1.32. The van der Waals surface area contributed by atoms with Gasteiger partial charge in [0.2, 0.25) is 0 Å². The van der Waals surface area contributed by atoms with Crippen LogP contribution in [0.1, 0.15) is 161 Å². The van der Waals surface area contributed by atoms with E-state index in [1.54, 1.807) is 0 Å². The number of carbonyl (C=O) groups excluding carboxylic acids is 1. The van der Waals surface area contributed by atoms with Crippen molar-refractivity contribution in [3.05, 3.63) is 12.2 Å². The van der Waals surface area contributed by atoms with Gasteiger partial charge in [-0.05, 0) is 107 Å². The quantitative estimate of drug-likeness (QED) is 0.201. The second-order valence-corrected chi connectivity index (χ2v) is 18.7. The summed E-state index contributed by atoms with van der Waals surface area (Å²) in [6, 6.07) is 0. The Morgan fingerprint density at radius 2 is 1.57 bits per heavy atom. The molecular weight excluding hydrogens is 668 g/mol. The Morgan fingerprint density at radius 1 is 0.906 bits per heavy atom. The monoisotopic (exact) mass is 747 g/mol. The van der Waals surface area contributed by atoms with E-state index in [2.05, 4.69) is 67.5 Å². The Bertz CT molecular complexity index is 1270. The molecule has 4 saturated heterocycles. The van der Waals surface area contributed by atoms with Crippen LogP contribution in [0.4, 0.5) is 0 Å². The molecular formula is C45H78O8. The highest BCUT2D eigenvalue weighted by Gasteiger charge is 2.59. The normalized spacial score (nSPS) is 45.2. The Balaban J connectivity index is 0.00000308. The predicted molar refractivity (Wildman–Crippen MR) is 211 cm³/mol. The minimum atomic E-state index is -0.786. The molecule has 0 aromatic rings. The zero-order chi connectivity index (χ0) is 39.7. The molecule has 4 fully saturated rings. The van der Waals surface area contributed by atoms with Crippen LogP contribution >= 0.6 is 0 Å². The summed E-state index contributed by atoms with van der Waals surface area (Å²) < 4.78 is 27.4. The maximum absolute atomic E-state index is 14.1. The number of rotatable bonds is 11. The molecule has 10 unspecified atom stereocenters. The third-order valence-electron chi connectivity index (χ3n) is 15.2.